The molecule has 0 N–H and O–H groups in total. The van der Waals surface area contributed by atoms with Crippen LogP contribution >= 0.6 is 0 Å². The number of hydrogen-bond acceptors (Lipinski definition) is 1. The number of carbonyl (C=O) groups is 1. The average molecular weight is 296 g/mol. The van der Waals surface area contributed by atoms with Crippen molar-refractivity contribution in [2.24, 2.45) is 5.92 Å². The van der Waals surface area contributed by atoms with E-state index in [1.54, 1.807) is 0 Å². The Morgan fingerprint density at radius 2 is 1.91 bits per heavy atom. The summed E-state index contributed by atoms with van der Waals surface area (Å²) in [6.45, 7) is 4.03. The first-order valence-electron chi connectivity index (χ1n) is 8.19. The van der Waals surface area contributed by atoms with E-state index in [4.69, 9.17) is 0 Å². The van der Waals surface area contributed by atoms with Gasteiger partial charge in [-0.25, -0.2) is 0 Å². The third kappa shape index (κ3) is 3.41. The van der Waals surface area contributed by atoms with Crippen LogP contribution in [0, 0.1) is 5.92 Å². The van der Waals surface area contributed by atoms with E-state index in [0.29, 0.717) is 5.92 Å². The summed E-state index contributed by atoms with van der Waals surface area (Å²) in [6.07, 6.45) is 7.10. The molecule has 1 aliphatic rings. The van der Waals surface area contributed by atoms with Crippen molar-refractivity contribution >= 4 is 5.91 Å². The van der Waals surface area contributed by atoms with E-state index < -0.39 is 0 Å². The molecular formula is C19H24N2O. The number of hydrogen-bond donors (Lipinski definition) is 0. The van der Waals surface area contributed by atoms with E-state index in [1.165, 1.54) is 12.0 Å². The highest BCUT2D eigenvalue weighted by Crippen LogP contribution is 2.22. The molecule has 1 amide bonds. The second-order valence-corrected chi connectivity index (χ2v) is 6.37. The topological polar surface area (TPSA) is 25.2 Å². The minimum Gasteiger partial charge on any atom is -0.342 e. The lowest BCUT2D eigenvalue weighted by molar-refractivity contribution is -0.136. The van der Waals surface area contributed by atoms with Crippen LogP contribution in [0.3, 0.4) is 0 Å². The van der Waals surface area contributed by atoms with E-state index in [1.807, 2.05) is 42.7 Å². The molecule has 1 aromatic heterocycles. The fourth-order valence-corrected chi connectivity index (χ4v) is 3.31. The smallest absolute Gasteiger partial charge is 0.245 e. The van der Waals surface area contributed by atoms with Crippen molar-refractivity contribution in [2.45, 2.75) is 32.2 Å². The maximum Gasteiger partial charge on any atom is 0.245 e. The third-order valence-corrected chi connectivity index (χ3v) is 4.51. The highest BCUT2D eigenvalue weighted by molar-refractivity contribution is 5.81. The first-order chi connectivity index (χ1) is 10.7. The molecule has 116 valence electrons. The molecule has 0 bridgehead atoms. The van der Waals surface area contributed by atoms with Gasteiger partial charge in [0, 0.05) is 31.9 Å². The van der Waals surface area contributed by atoms with Gasteiger partial charge in [-0.2, -0.15) is 0 Å². The number of rotatable bonds is 4. The fraction of sp³-hybridized carbons (Fsp3) is 0.421. The number of benzene rings is 1. The van der Waals surface area contributed by atoms with Crippen LogP contribution in [0.15, 0.2) is 54.9 Å². The molecule has 1 aromatic carbocycles. The van der Waals surface area contributed by atoms with E-state index in [0.717, 1.165) is 25.9 Å². The summed E-state index contributed by atoms with van der Waals surface area (Å²) < 4.78 is 2.05. The van der Waals surface area contributed by atoms with Gasteiger partial charge in [0.15, 0.2) is 0 Å². The van der Waals surface area contributed by atoms with Crippen LogP contribution in [0.25, 0.3) is 0 Å². The molecule has 0 radical (unpaired) electrons. The summed E-state index contributed by atoms with van der Waals surface area (Å²) in [4.78, 5) is 15.1. The average Bonchev–Trinajstić information content (AvgIpc) is 3.07. The maximum atomic E-state index is 13.1. The minimum absolute atomic E-state index is 0.136. The van der Waals surface area contributed by atoms with Gasteiger partial charge in [0.1, 0.15) is 6.04 Å². The monoisotopic (exact) mass is 296 g/mol. The predicted octanol–water partition coefficient (Wildman–Crippen LogP) is 3.53. The van der Waals surface area contributed by atoms with Crippen LogP contribution < -0.4 is 0 Å². The molecule has 2 atom stereocenters. The van der Waals surface area contributed by atoms with Crippen LogP contribution in [0.5, 0.6) is 0 Å². The van der Waals surface area contributed by atoms with E-state index >= 15 is 0 Å². The third-order valence-electron chi connectivity index (χ3n) is 4.51. The van der Waals surface area contributed by atoms with E-state index in [-0.39, 0.29) is 11.9 Å². The lowest BCUT2D eigenvalue weighted by atomic mass is 9.98. The van der Waals surface area contributed by atoms with Crippen LogP contribution in [0.4, 0.5) is 0 Å². The fourth-order valence-electron chi connectivity index (χ4n) is 3.31. The highest BCUT2D eigenvalue weighted by atomic mass is 16.2. The Balaban J connectivity index is 1.80. The standard InChI is InChI=1S/C19H24N2O/c1-16-8-7-13-21(15-16)19(22)18(20-11-5-6-12-20)14-17-9-3-2-4-10-17/h2-6,9-12,16,18H,7-8,13-15H2,1H3/t16-,18+/m0/s1. The first kappa shape index (κ1) is 14.9. The zero-order valence-electron chi connectivity index (χ0n) is 13.2. The van der Waals surface area contributed by atoms with Crippen LogP contribution in [0.1, 0.15) is 31.4 Å². The molecule has 0 saturated carbocycles. The minimum atomic E-state index is -0.136. The van der Waals surface area contributed by atoms with Gasteiger partial charge in [0.25, 0.3) is 0 Å². The lowest BCUT2D eigenvalue weighted by Gasteiger charge is -2.34. The Kier molecular flexibility index (Phi) is 4.62. The van der Waals surface area contributed by atoms with Gasteiger partial charge in [0.2, 0.25) is 5.91 Å². The van der Waals surface area contributed by atoms with Crippen molar-refractivity contribution in [1.82, 2.24) is 9.47 Å². The van der Waals surface area contributed by atoms with Gasteiger partial charge < -0.3 is 9.47 Å². The Morgan fingerprint density at radius 3 is 2.59 bits per heavy atom. The van der Waals surface area contributed by atoms with Crippen molar-refractivity contribution in [3.63, 3.8) is 0 Å². The lowest BCUT2D eigenvalue weighted by Crippen LogP contribution is -2.43. The predicted molar refractivity (Wildman–Crippen MR) is 88.6 cm³/mol. The number of piperidine rings is 1. The molecule has 0 spiro atoms. The maximum absolute atomic E-state index is 13.1. The quantitative estimate of drug-likeness (QED) is 0.847. The number of nitrogens with zero attached hydrogens (tertiary/aromatic N) is 2. The van der Waals surface area contributed by atoms with Crippen molar-refractivity contribution in [2.75, 3.05) is 13.1 Å². The van der Waals surface area contributed by atoms with Crippen molar-refractivity contribution in [3.05, 3.63) is 60.4 Å². The molecule has 3 nitrogen and oxygen atoms in total. The van der Waals surface area contributed by atoms with E-state index in [9.17, 15) is 4.79 Å². The molecule has 2 aromatic rings. The SMILES string of the molecule is C[C@H]1CCCN(C(=O)[C@@H](Cc2ccccc2)n2cccc2)C1. The number of carbonyl (C=O) groups excluding carboxylic acids is 1. The Hall–Kier alpha value is -2.03. The first-order valence-corrected chi connectivity index (χ1v) is 8.19. The van der Waals surface area contributed by atoms with Gasteiger partial charge in [-0.1, -0.05) is 37.3 Å². The molecule has 0 unspecified atom stereocenters. The Labute approximate surface area is 132 Å². The highest BCUT2D eigenvalue weighted by Gasteiger charge is 2.28. The number of amides is 1. The van der Waals surface area contributed by atoms with Gasteiger partial charge in [-0.15, -0.1) is 0 Å². The van der Waals surface area contributed by atoms with Crippen LogP contribution in [-0.4, -0.2) is 28.5 Å². The normalized spacial score (nSPS) is 19.9. The van der Waals surface area contributed by atoms with Crippen molar-refractivity contribution < 1.29 is 4.79 Å². The summed E-state index contributed by atoms with van der Waals surface area (Å²) >= 11 is 0. The second kappa shape index (κ2) is 6.82. The summed E-state index contributed by atoms with van der Waals surface area (Å²) in [6, 6.07) is 14.1. The largest absolute Gasteiger partial charge is 0.342 e. The van der Waals surface area contributed by atoms with Gasteiger partial charge in [-0.3, -0.25) is 4.79 Å². The summed E-state index contributed by atoms with van der Waals surface area (Å²) in [7, 11) is 0. The Morgan fingerprint density at radius 1 is 1.18 bits per heavy atom. The molecular weight excluding hydrogens is 272 g/mol. The van der Waals surface area contributed by atoms with Crippen LogP contribution in [0.2, 0.25) is 0 Å². The van der Waals surface area contributed by atoms with Crippen molar-refractivity contribution in [1.29, 1.82) is 0 Å². The molecule has 1 aliphatic heterocycles. The molecule has 1 fully saturated rings. The Bertz CT molecular complexity index is 591. The van der Waals surface area contributed by atoms with Crippen molar-refractivity contribution in [3.8, 4) is 0 Å². The summed E-state index contributed by atoms with van der Waals surface area (Å²) in [5, 5.41) is 0. The van der Waals surface area contributed by atoms with Gasteiger partial charge >= 0.3 is 0 Å². The molecule has 22 heavy (non-hydrogen) atoms. The summed E-state index contributed by atoms with van der Waals surface area (Å²) in [5.74, 6) is 0.867. The van der Waals surface area contributed by atoms with E-state index in [2.05, 4.69) is 28.5 Å². The summed E-state index contributed by atoms with van der Waals surface area (Å²) in [5.41, 5.74) is 1.21. The van der Waals surface area contributed by atoms with Gasteiger partial charge in [0.05, 0.1) is 0 Å². The molecule has 1 saturated heterocycles. The number of aromatic nitrogens is 1. The molecule has 0 aliphatic carbocycles. The van der Waals surface area contributed by atoms with Crippen LogP contribution in [-0.2, 0) is 11.2 Å². The van der Waals surface area contributed by atoms with Gasteiger partial charge in [-0.05, 0) is 36.5 Å². The molecule has 2 heterocycles. The number of likely N-dealkylation sites (tertiary alicyclic amines) is 1. The second-order valence-electron chi connectivity index (χ2n) is 6.37. The molecule has 3 heteroatoms. The zero-order valence-corrected chi connectivity index (χ0v) is 13.2. The zero-order chi connectivity index (χ0) is 15.4. The molecule has 3 rings (SSSR count).